The summed E-state index contributed by atoms with van der Waals surface area (Å²) < 4.78 is 36.4. The van der Waals surface area contributed by atoms with Crippen molar-refractivity contribution in [2.75, 3.05) is 21.2 Å². The summed E-state index contributed by atoms with van der Waals surface area (Å²) >= 11 is 2.10. The van der Waals surface area contributed by atoms with Gasteiger partial charge in [0, 0.05) is 28.6 Å². The summed E-state index contributed by atoms with van der Waals surface area (Å²) in [6.07, 6.45) is 0. The predicted molar refractivity (Wildman–Crippen MR) is 147 cm³/mol. The fraction of sp³-hybridized carbons (Fsp3) is 0.192. The zero-order valence-electron chi connectivity index (χ0n) is 21.3. The van der Waals surface area contributed by atoms with Crippen LogP contribution in [0.25, 0.3) is 25.8 Å². The zero-order chi connectivity index (χ0) is 28.7. The van der Waals surface area contributed by atoms with Gasteiger partial charge in [0.1, 0.15) is 21.3 Å². The number of nitrogens with zero attached hydrogens (tertiary/aromatic N) is 5. The van der Waals surface area contributed by atoms with Gasteiger partial charge in [-0.3, -0.25) is 9.36 Å². The average Bonchev–Trinajstić information content (AvgIpc) is 3.54. The Hall–Kier alpha value is -4.27. The fourth-order valence-electron chi connectivity index (χ4n) is 4.23. The molecule has 4 heterocycles. The lowest BCUT2D eigenvalue weighted by Gasteiger charge is -2.14. The first-order valence-electron chi connectivity index (χ1n) is 11.7. The van der Waals surface area contributed by atoms with E-state index in [0.29, 0.717) is 15.3 Å². The molecule has 0 bridgehead atoms. The van der Waals surface area contributed by atoms with Gasteiger partial charge in [-0.2, -0.15) is 0 Å². The molecule has 0 spiro atoms. The number of rotatable bonds is 8. The molecular weight excluding hydrogens is 564 g/mol. The molecular formula is C26H21F2N5O5S2. The fourth-order valence-corrected chi connectivity index (χ4v) is 6.51. The molecule has 0 aliphatic rings. The number of hydrogen-bond donors (Lipinski definition) is 1. The van der Waals surface area contributed by atoms with Crippen LogP contribution in [-0.4, -0.2) is 56.5 Å². The highest BCUT2D eigenvalue weighted by Crippen LogP contribution is 2.41. The van der Waals surface area contributed by atoms with Gasteiger partial charge in [0.25, 0.3) is 5.56 Å². The van der Waals surface area contributed by atoms with E-state index in [2.05, 4.69) is 10.2 Å². The number of aromatic nitrogens is 4. The second-order valence-electron chi connectivity index (χ2n) is 8.94. The van der Waals surface area contributed by atoms with Crippen LogP contribution < -0.4 is 16.0 Å². The quantitative estimate of drug-likeness (QED) is 0.292. The average molecular weight is 586 g/mol. The maximum absolute atomic E-state index is 14.7. The van der Waals surface area contributed by atoms with E-state index in [1.807, 2.05) is 4.90 Å². The minimum absolute atomic E-state index is 0.0972. The third-order valence-electron chi connectivity index (χ3n) is 6.03. The Morgan fingerprint density at radius 3 is 2.33 bits per heavy atom. The van der Waals surface area contributed by atoms with Gasteiger partial charge in [-0.05, 0) is 44.4 Å². The molecule has 0 radical (unpaired) electrons. The van der Waals surface area contributed by atoms with Gasteiger partial charge >= 0.3 is 11.7 Å². The molecule has 0 saturated heterocycles. The number of hydrogen-bond acceptors (Lipinski definition) is 9. The number of carboxylic acids is 1. The molecule has 5 rings (SSSR count). The number of carbonyl (C=O) groups is 1. The SMILES string of the molecule is COc1ccc(-n2c(=O)c3c(CN(C)C)c(-c4ccc(C(=O)O)s4)sc3n(Cc3c(F)cccc3F)c2=O)nn1. The van der Waals surface area contributed by atoms with Crippen LogP contribution in [0.15, 0.2) is 52.1 Å². The molecule has 1 aromatic carbocycles. The Morgan fingerprint density at radius 2 is 1.75 bits per heavy atom. The highest BCUT2D eigenvalue weighted by molar-refractivity contribution is 7.26. The van der Waals surface area contributed by atoms with E-state index in [9.17, 15) is 28.3 Å². The van der Waals surface area contributed by atoms with E-state index >= 15 is 0 Å². The first-order valence-corrected chi connectivity index (χ1v) is 13.3. The Labute approximate surface area is 233 Å². The van der Waals surface area contributed by atoms with Crippen LogP contribution in [0.5, 0.6) is 5.88 Å². The summed E-state index contributed by atoms with van der Waals surface area (Å²) in [6.45, 7) is -0.255. The zero-order valence-corrected chi connectivity index (χ0v) is 23.0. The van der Waals surface area contributed by atoms with Gasteiger partial charge in [-0.15, -0.1) is 32.9 Å². The number of fused-ring (bicyclic) bond motifs is 1. The molecule has 10 nitrogen and oxygen atoms in total. The summed E-state index contributed by atoms with van der Waals surface area (Å²) in [6, 6.07) is 9.28. The topological polar surface area (TPSA) is 120 Å². The van der Waals surface area contributed by atoms with Crippen LogP contribution in [0, 0.1) is 11.6 Å². The van der Waals surface area contributed by atoms with Crippen molar-refractivity contribution in [1.82, 2.24) is 24.2 Å². The van der Waals surface area contributed by atoms with Crippen molar-refractivity contribution < 1.29 is 23.4 Å². The third kappa shape index (κ3) is 4.80. The lowest BCUT2D eigenvalue weighted by molar-refractivity contribution is 0.0702. The molecule has 40 heavy (non-hydrogen) atoms. The summed E-state index contributed by atoms with van der Waals surface area (Å²) in [5.41, 5.74) is -1.39. The first-order chi connectivity index (χ1) is 19.1. The third-order valence-corrected chi connectivity index (χ3v) is 8.54. The number of halogens is 2. The molecule has 0 fully saturated rings. The van der Waals surface area contributed by atoms with Crippen LogP contribution in [-0.2, 0) is 13.1 Å². The Morgan fingerprint density at radius 1 is 1.02 bits per heavy atom. The van der Waals surface area contributed by atoms with Crippen LogP contribution in [0.2, 0.25) is 0 Å². The Kier molecular flexibility index (Phi) is 7.31. The number of thiophene rings is 2. The standard InChI is InChI=1S/C26H21F2N5O5S2/c1-31(2)11-14-21-23(34)33(19-9-10-20(38-3)30-29-19)26(37)32(12-13-15(27)5-4-6-16(13)28)24(21)40-22(14)17-7-8-18(39-17)25(35)36/h4-10H,11-12H2,1-3H3,(H,35,36). The van der Waals surface area contributed by atoms with Gasteiger partial charge in [-0.1, -0.05) is 6.07 Å². The van der Waals surface area contributed by atoms with Crippen molar-refractivity contribution in [3.05, 3.63) is 90.9 Å². The molecule has 206 valence electrons. The molecule has 4 aromatic heterocycles. The highest BCUT2D eigenvalue weighted by Gasteiger charge is 2.26. The first kappa shape index (κ1) is 27.3. The van der Waals surface area contributed by atoms with Crippen LogP contribution in [0.1, 0.15) is 20.8 Å². The van der Waals surface area contributed by atoms with E-state index in [1.54, 1.807) is 20.2 Å². The second-order valence-corrected chi connectivity index (χ2v) is 11.0. The van der Waals surface area contributed by atoms with Crippen molar-refractivity contribution in [2.24, 2.45) is 0 Å². The van der Waals surface area contributed by atoms with Crippen LogP contribution in [0.4, 0.5) is 8.78 Å². The van der Waals surface area contributed by atoms with Crippen molar-refractivity contribution >= 4 is 38.9 Å². The lowest BCUT2D eigenvalue weighted by Crippen LogP contribution is -2.39. The molecule has 0 aliphatic heterocycles. The smallest absolute Gasteiger partial charge is 0.345 e. The molecule has 1 N–H and O–H groups in total. The van der Waals surface area contributed by atoms with Crippen molar-refractivity contribution in [1.29, 1.82) is 0 Å². The van der Waals surface area contributed by atoms with E-state index in [4.69, 9.17) is 4.74 Å². The molecule has 0 amide bonds. The van der Waals surface area contributed by atoms with E-state index in [0.717, 1.165) is 43.9 Å². The maximum Gasteiger partial charge on any atom is 0.345 e. The van der Waals surface area contributed by atoms with Gasteiger partial charge in [0.05, 0.1) is 23.9 Å². The largest absolute Gasteiger partial charge is 0.480 e. The van der Waals surface area contributed by atoms with Crippen LogP contribution >= 0.6 is 22.7 Å². The van der Waals surface area contributed by atoms with Gasteiger partial charge < -0.3 is 14.7 Å². The molecule has 0 saturated carbocycles. The monoisotopic (exact) mass is 585 g/mol. The van der Waals surface area contributed by atoms with Gasteiger partial charge in [0.2, 0.25) is 5.88 Å². The second kappa shape index (κ2) is 10.7. The maximum atomic E-state index is 14.7. The summed E-state index contributed by atoms with van der Waals surface area (Å²) in [5.74, 6) is -2.75. The van der Waals surface area contributed by atoms with Crippen molar-refractivity contribution in [2.45, 2.75) is 13.1 Å². The Bertz CT molecular complexity index is 1860. The van der Waals surface area contributed by atoms with E-state index in [-0.39, 0.29) is 38.9 Å². The van der Waals surface area contributed by atoms with Crippen molar-refractivity contribution in [3.8, 4) is 21.5 Å². The van der Waals surface area contributed by atoms with Crippen molar-refractivity contribution in [3.63, 3.8) is 0 Å². The molecule has 14 heteroatoms. The van der Waals surface area contributed by atoms with E-state index < -0.39 is 35.4 Å². The normalized spacial score (nSPS) is 11.4. The summed E-state index contributed by atoms with van der Waals surface area (Å²) in [7, 11) is 4.98. The highest BCUT2D eigenvalue weighted by atomic mass is 32.1. The summed E-state index contributed by atoms with van der Waals surface area (Å²) in [5, 5.41) is 17.4. The number of ether oxygens (including phenoxy) is 1. The minimum Gasteiger partial charge on any atom is -0.480 e. The summed E-state index contributed by atoms with van der Waals surface area (Å²) in [4.78, 5) is 42.7. The molecule has 0 unspecified atom stereocenters. The molecule has 5 aromatic rings. The number of methoxy groups -OCH3 is 1. The number of benzene rings is 1. The number of aromatic carboxylic acids is 1. The Balaban J connectivity index is 1.88. The van der Waals surface area contributed by atoms with Gasteiger partial charge in [0.15, 0.2) is 5.82 Å². The number of carboxylic acid groups (broad SMARTS) is 1. The van der Waals surface area contributed by atoms with Gasteiger partial charge in [-0.25, -0.2) is 22.9 Å². The molecule has 0 aliphatic carbocycles. The van der Waals surface area contributed by atoms with Crippen LogP contribution in [0.3, 0.4) is 0 Å². The lowest BCUT2D eigenvalue weighted by atomic mass is 10.1. The predicted octanol–water partition coefficient (Wildman–Crippen LogP) is 3.83. The van der Waals surface area contributed by atoms with E-state index in [1.165, 1.54) is 31.4 Å². The minimum atomic E-state index is -1.10. The molecule has 0 atom stereocenters.